The van der Waals surface area contributed by atoms with Crippen LogP contribution in [0.25, 0.3) is 11.5 Å². The van der Waals surface area contributed by atoms with E-state index in [1.54, 1.807) is 4.31 Å². The predicted molar refractivity (Wildman–Crippen MR) is 128 cm³/mol. The van der Waals surface area contributed by atoms with E-state index in [0.717, 1.165) is 37.7 Å². The summed E-state index contributed by atoms with van der Waals surface area (Å²) in [6, 6.07) is 12.1. The second-order valence-corrected chi connectivity index (χ2v) is 10.9. The predicted octanol–water partition coefficient (Wildman–Crippen LogP) is 4.43. The second kappa shape index (κ2) is 9.31. The summed E-state index contributed by atoms with van der Waals surface area (Å²) in [5, 5.41) is 10.6. The van der Waals surface area contributed by atoms with Gasteiger partial charge in [-0.1, -0.05) is 17.6 Å². The van der Waals surface area contributed by atoms with Crippen molar-refractivity contribution in [1.82, 2.24) is 14.5 Å². The third-order valence-electron chi connectivity index (χ3n) is 6.71. The summed E-state index contributed by atoms with van der Waals surface area (Å²) in [6.45, 7) is 2.46. The van der Waals surface area contributed by atoms with Crippen LogP contribution < -0.4 is 5.32 Å². The molecule has 1 aliphatic carbocycles. The lowest BCUT2D eigenvalue weighted by atomic mass is 9.90. The molecule has 1 aliphatic heterocycles. The molecular weight excluding hydrogens is 452 g/mol. The first-order valence-electron chi connectivity index (χ1n) is 11.8. The fourth-order valence-electron chi connectivity index (χ4n) is 4.77. The SMILES string of the molecule is CC1CCCCN1S(=O)(=O)c1ccc(C(=O)Nc2nnc(-c3ccc4c(c3)CCCC4)o2)cc1. The molecule has 1 N–H and O–H groups in total. The van der Waals surface area contributed by atoms with E-state index >= 15 is 0 Å². The average Bonchev–Trinajstić information content (AvgIpc) is 3.32. The highest BCUT2D eigenvalue weighted by atomic mass is 32.2. The van der Waals surface area contributed by atoms with Crippen LogP contribution in [0.5, 0.6) is 0 Å². The molecule has 8 nitrogen and oxygen atoms in total. The van der Waals surface area contributed by atoms with Crippen molar-refractivity contribution < 1.29 is 17.6 Å². The fraction of sp³-hybridized carbons (Fsp3) is 0.400. The van der Waals surface area contributed by atoms with E-state index in [1.807, 2.05) is 13.0 Å². The number of anilines is 1. The molecule has 1 saturated heterocycles. The molecule has 0 spiro atoms. The number of rotatable bonds is 5. The average molecular weight is 481 g/mol. The molecule has 0 saturated carbocycles. The molecule has 1 atom stereocenters. The first kappa shape index (κ1) is 22.7. The van der Waals surface area contributed by atoms with Gasteiger partial charge in [0.25, 0.3) is 5.91 Å². The van der Waals surface area contributed by atoms with Crippen molar-refractivity contribution in [3.8, 4) is 11.5 Å². The number of amides is 1. The second-order valence-electron chi connectivity index (χ2n) is 9.04. The van der Waals surface area contributed by atoms with Gasteiger partial charge in [0.05, 0.1) is 4.90 Å². The van der Waals surface area contributed by atoms with Crippen LogP contribution in [0.2, 0.25) is 0 Å². The molecule has 3 aromatic rings. The number of piperidine rings is 1. The topological polar surface area (TPSA) is 105 Å². The molecule has 1 aromatic heterocycles. The lowest BCUT2D eigenvalue weighted by Gasteiger charge is -2.32. The summed E-state index contributed by atoms with van der Waals surface area (Å²) in [5.74, 6) is -0.100. The van der Waals surface area contributed by atoms with Gasteiger partial charge in [-0.15, -0.1) is 5.10 Å². The maximum Gasteiger partial charge on any atom is 0.322 e. The highest BCUT2D eigenvalue weighted by Gasteiger charge is 2.31. The van der Waals surface area contributed by atoms with Gasteiger partial charge in [-0.2, -0.15) is 4.31 Å². The highest BCUT2D eigenvalue weighted by molar-refractivity contribution is 7.89. The number of aryl methyl sites for hydroxylation is 2. The van der Waals surface area contributed by atoms with Crippen molar-refractivity contribution in [2.75, 3.05) is 11.9 Å². The van der Waals surface area contributed by atoms with Crippen molar-refractivity contribution in [2.24, 2.45) is 0 Å². The highest BCUT2D eigenvalue weighted by Crippen LogP contribution is 2.28. The Balaban J connectivity index is 1.28. The standard InChI is InChI=1S/C25H28N4O4S/c1-17-6-4-5-15-29(17)34(31,32)22-13-11-19(12-14-22)23(30)26-25-28-27-24(33-25)21-10-9-18-7-2-3-8-20(18)16-21/h9-14,16-17H,2-8,15H2,1H3,(H,26,28,30). The van der Waals surface area contributed by atoms with Crippen LogP contribution >= 0.6 is 0 Å². The number of nitrogens with zero attached hydrogens (tertiary/aromatic N) is 3. The van der Waals surface area contributed by atoms with E-state index in [-0.39, 0.29) is 17.0 Å². The molecule has 0 bridgehead atoms. The van der Waals surface area contributed by atoms with E-state index in [4.69, 9.17) is 4.42 Å². The Labute approximate surface area is 199 Å². The Kier molecular flexibility index (Phi) is 6.22. The number of fused-ring (bicyclic) bond motifs is 1. The van der Waals surface area contributed by atoms with Crippen molar-refractivity contribution in [2.45, 2.75) is 62.8 Å². The minimum Gasteiger partial charge on any atom is -0.403 e. The molecule has 1 unspecified atom stereocenters. The molecule has 2 heterocycles. The number of aromatic nitrogens is 2. The lowest BCUT2D eigenvalue weighted by Crippen LogP contribution is -2.41. The van der Waals surface area contributed by atoms with Crippen LogP contribution in [0.3, 0.4) is 0 Å². The number of hydrogen-bond acceptors (Lipinski definition) is 6. The van der Waals surface area contributed by atoms with Crippen LogP contribution in [0.15, 0.2) is 51.8 Å². The molecule has 5 rings (SSSR count). The van der Waals surface area contributed by atoms with Gasteiger partial charge < -0.3 is 4.42 Å². The van der Waals surface area contributed by atoms with Crippen molar-refractivity contribution in [3.63, 3.8) is 0 Å². The van der Waals surface area contributed by atoms with E-state index in [2.05, 4.69) is 27.6 Å². The Morgan fingerprint density at radius 3 is 2.53 bits per heavy atom. The number of hydrogen-bond donors (Lipinski definition) is 1. The van der Waals surface area contributed by atoms with Gasteiger partial charge in [-0.3, -0.25) is 10.1 Å². The first-order chi connectivity index (χ1) is 16.4. The summed E-state index contributed by atoms with van der Waals surface area (Å²) < 4.78 is 33.2. The molecule has 178 valence electrons. The fourth-order valence-corrected chi connectivity index (χ4v) is 6.47. The quantitative estimate of drug-likeness (QED) is 0.579. The van der Waals surface area contributed by atoms with E-state index < -0.39 is 15.9 Å². The zero-order valence-corrected chi connectivity index (χ0v) is 20.0. The normalized spacial score (nSPS) is 18.9. The largest absolute Gasteiger partial charge is 0.403 e. The molecule has 1 fully saturated rings. The molecule has 2 aliphatic rings. The van der Waals surface area contributed by atoms with Crippen LogP contribution in [0.4, 0.5) is 6.01 Å². The van der Waals surface area contributed by atoms with Gasteiger partial charge in [0.2, 0.25) is 15.9 Å². The summed E-state index contributed by atoms with van der Waals surface area (Å²) in [5.41, 5.74) is 3.80. The Bertz CT molecular complexity index is 1300. The third kappa shape index (κ3) is 4.50. The number of carbonyl (C=O) groups excluding carboxylic acids is 1. The maximum absolute atomic E-state index is 13.0. The van der Waals surface area contributed by atoms with E-state index in [9.17, 15) is 13.2 Å². The summed E-state index contributed by atoms with van der Waals surface area (Å²) in [4.78, 5) is 12.9. The number of benzene rings is 2. The van der Waals surface area contributed by atoms with Gasteiger partial charge in [0.1, 0.15) is 0 Å². The van der Waals surface area contributed by atoms with Crippen LogP contribution in [-0.4, -0.2) is 41.4 Å². The van der Waals surface area contributed by atoms with E-state index in [1.165, 1.54) is 48.2 Å². The van der Waals surface area contributed by atoms with Gasteiger partial charge in [0.15, 0.2) is 0 Å². The molecular formula is C25H28N4O4S. The zero-order valence-electron chi connectivity index (χ0n) is 19.2. The van der Waals surface area contributed by atoms with Crippen molar-refractivity contribution >= 4 is 21.9 Å². The smallest absolute Gasteiger partial charge is 0.322 e. The Hall–Kier alpha value is -3.04. The van der Waals surface area contributed by atoms with Gasteiger partial charge in [0, 0.05) is 23.7 Å². The van der Waals surface area contributed by atoms with Crippen LogP contribution in [0.1, 0.15) is 60.5 Å². The minimum absolute atomic E-state index is 0.00318. The minimum atomic E-state index is -3.59. The molecule has 0 radical (unpaired) electrons. The monoisotopic (exact) mass is 480 g/mol. The zero-order chi connectivity index (χ0) is 23.7. The van der Waals surface area contributed by atoms with E-state index in [0.29, 0.717) is 18.0 Å². The van der Waals surface area contributed by atoms with Gasteiger partial charge in [-0.05, 0) is 93.0 Å². The third-order valence-corrected chi connectivity index (χ3v) is 8.73. The number of carbonyl (C=O) groups is 1. The first-order valence-corrected chi connectivity index (χ1v) is 13.2. The summed E-state index contributed by atoms with van der Waals surface area (Å²) >= 11 is 0. The summed E-state index contributed by atoms with van der Waals surface area (Å²) in [6.07, 6.45) is 7.29. The van der Waals surface area contributed by atoms with Crippen LogP contribution in [-0.2, 0) is 22.9 Å². The lowest BCUT2D eigenvalue weighted by molar-refractivity contribution is 0.102. The maximum atomic E-state index is 13.0. The van der Waals surface area contributed by atoms with Gasteiger partial charge in [-0.25, -0.2) is 8.42 Å². The Morgan fingerprint density at radius 2 is 1.76 bits per heavy atom. The molecule has 2 aromatic carbocycles. The van der Waals surface area contributed by atoms with Crippen molar-refractivity contribution in [1.29, 1.82) is 0 Å². The molecule has 1 amide bonds. The summed E-state index contributed by atoms with van der Waals surface area (Å²) in [7, 11) is -3.59. The van der Waals surface area contributed by atoms with Crippen molar-refractivity contribution in [3.05, 3.63) is 59.2 Å². The number of sulfonamides is 1. The van der Waals surface area contributed by atoms with Crippen LogP contribution in [0, 0.1) is 0 Å². The van der Waals surface area contributed by atoms with Gasteiger partial charge >= 0.3 is 6.01 Å². The Morgan fingerprint density at radius 1 is 1.00 bits per heavy atom. The molecule has 34 heavy (non-hydrogen) atoms. The molecule has 9 heteroatoms. The number of nitrogens with one attached hydrogen (secondary N) is 1.